The normalized spacial score (nSPS) is 10.9. The van der Waals surface area contributed by atoms with Crippen molar-refractivity contribution in [1.29, 1.82) is 0 Å². The number of hydroxylamine groups is 1. The van der Waals surface area contributed by atoms with Gasteiger partial charge >= 0.3 is 11.9 Å². The van der Waals surface area contributed by atoms with E-state index in [0.29, 0.717) is 6.54 Å². The van der Waals surface area contributed by atoms with Gasteiger partial charge in [0.05, 0.1) is 0 Å². The molecule has 0 fully saturated rings. The summed E-state index contributed by atoms with van der Waals surface area (Å²) in [6.45, 7) is 2.83. The third-order valence-electron chi connectivity index (χ3n) is 3.17. The average Bonchev–Trinajstić information content (AvgIpc) is 2.46. The first-order valence-corrected chi connectivity index (χ1v) is 8.01. The Kier molecular flexibility index (Phi) is 14.1. The van der Waals surface area contributed by atoms with Crippen LogP contribution in [0.4, 0.5) is 0 Å². The van der Waals surface area contributed by atoms with Gasteiger partial charge in [-0.2, -0.15) is 5.48 Å². The number of hydrogen-bond donors (Lipinski definition) is 2. The van der Waals surface area contributed by atoms with E-state index in [1.54, 1.807) is 0 Å². The third kappa shape index (κ3) is 16.6. The van der Waals surface area contributed by atoms with Crippen LogP contribution in [0, 0.1) is 0 Å². The molecule has 5 nitrogen and oxygen atoms in total. The van der Waals surface area contributed by atoms with Gasteiger partial charge in [-0.15, -0.1) is 0 Å². The zero-order valence-corrected chi connectivity index (χ0v) is 13.1. The number of carbonyl (C=O) groups is 2. The maximum Gasteiger partial charge on any atom is 0.349 e. The highest BCUT2D eigenvalue weighted by molar-refractivity contribution is 5.90. The summed E-state index contributed by atoms with van der Waals surface area (Å²) >= 11 is 0. The van der Waals surface area contributed by atoms with Gasteiger partial charge in [-0.1, -0.05) is 64.7 Å². The average molecular weight is 299 g/mol. The van der Waals surface area contributed by atoms with Crippen molar-refractivity contribution in [3.63, 3.8) is 0 Å². The van der Waals surface area contributed by atoms with Gasteiger partial charge < -0.3 is 9.94 Å². The number of rotatable bonds is 14. The van der Waals surface area contributed by atoms with Crippen LogP contribution in [-0.4, -0.2) is 23.6 Å². The first-order chi connectivity index (χ1) is 10.2. The molecule has 5 heteroatoms. The number of unbranched alkanes of at least 4 members (excludes halogenated alkanes) is 9. The van der Waals surface area contributed by atoms with Crippen LogP contribution in [0.3, 0.4) is 0 Å². The van der Waals surface area contributed by atoms with Crippen LogP contribution in [0.15, 0.2) is 12.2 Å². The molecule has 0 bridgehead atoms. The summed E-state index contributed by atoms with van der Waals surface area (Å²) < 4.78 is 0. The minimum Gasteiger partial charge on any atom is -0.478 e. The molecule has 0 saturated heterocycles. The molecule has 0 rings (SSSR count). The number of hydrogen-bond acceptors (Lipinski definition) is 4. The van der Waals surface area contributed by atoms with Gasteiger partial charge in [0, 0.05) is 18.7 Å². The molecule has 122 valence electrons. The smallest absolute Gasteiger partial charge is 0.349 e. The van der Waals surface area contributed by atoms with E-state index < -0.39 is 11.9 Å². The molecule has 0 aliphatic rings. The van der Waals surface area contributed by atoms with E-state index in [0.717, 1.165) is 25.0 Å². The van der Waals surface area contributed by atoms with Crippen molar-refractivity contribution in [3.05, 3.63) is 12.2 Å². The first-order valence-electron chi connectivity index (χ1n) is 8.01. The van der Waals surface area contributed by atoms with E-state index in [2.05, 4.69) is 17.2 Å². The van der Waals surface area contributed by atoms with Crippen LogP contribution in [0.2, 0.25) is 0 Å². The van der Waals surface area contributed by atoms with Crippen LogP contribution in [0.1, 0.15) is 71.1 Å². The molecule has 0 aromatic carbocycles. The number of carboxylic acids is 1. The van der Waals surface area contributed by atoms with Crippen molar-refractivity contribution >= 4 is 11.9 Å². The van der Waals surface area contributed by atoms with Crippen LogP contribution in [0.25, 0.3) is 0 Å². The fraction of sp³-hybridized carbons (Fsp3) is 0.750. The minimum absolute atomic E-state index is 0.600. The summed E-state index contributed by atoms with van der Waals surface area (Å²) in [5.41, 5.74) is 2.54. The molecule has 0 heterocycles. The number of aliphatic carboxylic acids is 1. The molecular formula is C16H29NO4. The molecule has 0 aromatic heterocycles. The van der Waals surface area contributed by atoms with E-state index in [9.17, 15) is 9.59 Å². The second kappa shape index (κ2) is 15.0. The molecule has 0 atom stereocenters. The number of nitrogens with one attached hydrogen (secondary N) is 1. The summed E-state index contributed by atoms with van der Waals surface area (Å²) in [5, 5.41) is 8.32. The summed E-state index contributed by atoms with van der Waals surface area (Å²) in [4.78, 5) is 25.8. The van der Waals surface area contributed by atoms with Crippen molar-refractivity contribution in [1.82, 2.24) is 5.48 Å². The van der Waals surface area contributed by atoms with Gasteiger partial charge in [-0.3, -0.25) is 0 Å². The molecule has 0 amide bonds. The third-order valence-corrected chi connectivity index (χ3v) is 3.17. The Bertz CT molecular complexity index is 303. The second-order valence-electron chi connectivity index (χ2n) is 5.17. The predicted octanol–water partition coefficient (Wildman–Crippen LogP) is 3.60. The highest BCUT2D eigenvalue weighted by Crippen LogP contribution is 2.10. The van der Waals surface area contributed by atoms with Crippen LogP contribution in [-0.2, 0) is 14.4 Å². The molecule has 21 heavy (non-hydrogen) atoms. The van der Waals surface area contributed by atoms with Crippen LogP contribution in [0.5, 0.6) is 0 Å². The lowest BCUT2D eigenvalue weighted by Crippen LogP contribution is -2.19. The van der Waals surface area contributed by atoms with E-state index >= 15 is 0 Å². The van der Waals surface area contributed by atoms with Crippen molar-refractivity contribution < 1.29 is 19.5 Å². The lowest BCUT2D eigenvalue weighted by atomic mass is 10.1. The fourth-order valence-electron chi connectivity index (χ4n) is 1.98. The van der Waals surface area contributed by atoms with Gasteiger partial charge in [0.1, 0.15) is 0 Å². The van der Waals surface area contributed by atoms with Gasteiger partial charge in [-0.25, -0.2) is 9.59 Å². The number of carbonyl (C=O) groups excluding carboxylic acids is 1. The molecule has 0 radical (unpaired) electrons. The van der Waals surface area contributed by atoms with Gasteiger partial charge in [0.15, 0.2) is 0 Å². The van der Waals surface area contributed by atoms with Crippen LogP contribution >= 0.6 is 0 Å². The SMILES string of the molecule is CCCCCCCCCCCCNOC(=O)/C=C\C(=O)O. The summed E-state index contributed by atoms with van der Waals surface area (Å²) in [5.74, 6) is -1.86. The van der Waals surface area contributed by atoms with Crippen molar-refractivity contribution in [2.75, 3.05) is 6.54 Å². The second-order valence-corrected chi connectivity index (χ2v) is 5.17. The molecule has 2 N–H and O–H groups in total. The Morgan fingerprint density at radius 3 is 1.95 bits per heavy atom. The van der Waals surface area contributed by atoms with E-state index in [4.69, 9.17) is 5.11 Å². The Balaban J connectivity index is 3.19. The molecule has 0 aliphatic carbocycles. The molecular weight excluding hydrogens is 270 g/mol. The quantitative estimate of drug-likeness (QED) is 0.291. The zero-order valence-electron chi connectivity index (χ0n) is 13.1. The van der Waals surface area contributed by atoms with E-state index in [1.165, 1.54) is 51.4 Å². The van der Waals surface area contributed by atoms with E-state index in [1.807, 2.05) is 0 Å². The molecule has 0 aromatic rings. The Morgan fingerprint density at radius 1 is 0.905 bits per heavy atom. The summed E-state index contributed by atoms with van der Waals surface area (Å²) in [6.07, 6.45) is 14.2. The predicted molar refractivity (Wildman–Crippen MR) is 82.7 cm³/mol. The minimum atomic E-state index is -1.17. The van der Waals surface area contributed by atoms with Crippen molar-refractivity contribution in [2.45, 2.75) is 71.1 Å². The Hall–Kier alpha value is -1.36. The molecule has 0 aliphatic heterocycles. The molecule has 0 spiro atoms. The fourth-order valence-corrected chi connectivity index (χ4v) is 1.98. The van der Waals surface area contributed by atoms with E-state index in [-0.39, 0.29) is 0 Å². The number of carboxylic acid groups (broad SMARTS) is 1. The molecule has 0 unspecified atom stereocenters. The van der Waals surface area contributed by atoms with Crippen molar-refractivity contribution in [2.24, 2.45) is 0 Å². The van der Waals surface area contributed by atoms with Gasteiger partial charge in [0.2, 0.25) is 0 Å². The maximum atomic E-state index is 11.0. The summed E-state index contributed by atoms with van der Waals surface area (Å²) in [6, 6.07) is 0. The van der Waals surface area contributed by atoms with Gasteiger partial charge in [-0.05, 0) is 6.42 Å². The van der Waals surface area contributed by atoms with Gasteiger partial charge in [0.25, 0.3) is 0 Å². The highest BCUT2D eigenvalue weighted by Gasteiger charge is 1.98. The zero-order chi connectivity index (χ0) is 15.8. The Labute approximate surface area is 127 Å². The topological polar surface area (TPSA) is 75.6 Å². The molecule has 0 saturated carbocycles. The summed E-state index contributed by atoms with van der Waals surface area (Å²) in [7, 11) is 0. The Morgan fingerprint density at radius 2 is 1.43 bits per heavy atom. The highest BCUT2D eigenvalue weighted by atomic mass is 16.7. The maximum absolute atomic E-state index is 11.0. The lowest BCUT2D eigenvalue weighted by molar-refractivity contribution is -0.145. The largest absolute Gasteiger partial charge is 0.478 e. The lowest BCUT2D eigenvalue weighted by Gasteiger charge is -2.04. The monoisotopic (exact) mass is 299 g/mol. The van der Waals surface area contributed by atoms with Crippen molar-refractivity contribution in [3.8, 4) is 0 Å². The van der Waals surface area contributed by atoms with Crippen LogP contribution < -0.4 is 5.48 Å². The standard InChI is InChI=1S/C16H29NO4/c1-2-3-4-5-6-7-8-9-10-11-14-17-21-16(20)13-12-15(18)19/h12-13,17H,2-11,14H2,1H3,(H,18,19)/b13-12-. The first kappa shape index (κ1) is 19.6.